The van der Waals surface area contributed by atoms with Gasteiger partial charge in [0.2, 0.25) is 0 Å². The Balaban J connectivity index is 1.65. The number of rotatable bonds is 9. The lowest BCUT2D eigenvalue weighted by atomic mass is 9.77. The van der Waals surface area contributed by atoms with Crippen LogP contribution in [0.3, 0.4) is 0 Å². The Bertz CT molecular complexity index is 977. The first-order valence-electron chi connectivity index (χ1n) is 11.8. The quantitative estimate of drug-likeness (QED) is 0.277. The van der Waals surface area contributed by atoms with E-state index in [0.717, 1.165) is 43.4 Å². The Morgan fingerprint density at radius 3 is 2.36 bits per heavy atom. The van der Waals surface area contributed by atoms with Crippen molar-refractivity contribution in [2.45, 2.75) is 83.3 Å². The molecule has 0 aromatic heterocycles. The third-order valence-electron chi connectivity index (χ3n) is 6.75. The minimum Gasteiger partial charge on any atom is -0.309 e. The fraction of sp³-hybridized carbons (Fsp3) is 0.519. The molecule has 2 nitrogen and oxygen atoms in total. The summed E-state index contributed by atoms with van der Waals surface area (Å²) in [5.41, 5.74) is -0.130. The third-order valence-corrected chi connectivity index (χ3v) is 6.75. The van der Waals surface area contributed by atoms with Gasteiger partial charge in [-0.2, -0.15) is 14.0 Å². The molecule has 0 heterocycles. The van der Waals surface area contributed by atoms with Crippen molar-refractivity contribution in [3.05, 3.63) is 70.3 Å². The van der Waals surface area contributed by atoms with Crippen molar-refractivity contribution < 1.29 is 22.3 Å². The molecule has 0 bridgehead atoms. The maximum absolute atomic E-state index is 14.8. The number of nitriles is 1. The van der Waals surface area contributed by atoms with Gasteiger partial charge >= 0.3 is 6.11 Å². The van der Waals surface area contributed by atoms with E-state index in [2.05, 4.69) is 6.92 Å². The second kappa shape index (κ2) is 11.2. The number of alkyl halides is 2. The number of nitrogens with zero attached hydrogens (tertiary/aromatic N) is 1. The molecule has 1 saturated carbocycles. The second-order valence-electron chi connectivity index (χ2n) is 9.08. The molecule has 0 aliphatic heterocycles. The summed E-state index contributed by atoms with van der Waals surface area (Å²) >= 11 is 0. The first kappa shape index (κ1) is 25.2. The highest BCUT2D eigenvalue weighted by Crippen LogP contribution is 2.41. The number of benzene rings is 2. The van der Waals surface area contributed by atoms with Gasteiger partial charge in [-0.3, -0.25) is 0 Å². The molecule has 1 unspecified atom stereocenters. The van der Waals surface area contributed by atoms with Gasteiger partial charge in [-0.15, -0.1) is 0 Å². The highest BCUT2D eigenvalue weighted by molar-refractivity contribution is 5.34. The van der Waals surface area contributed by atoms with Crippen LogP contribution in [0.15, 0.2) is 36.4 Å². The summed E-state index contributed by atoms with van der Waals surface area (Å²) in [7, 11) is 0. The second-order valence-corrected chi connectivity index (χ2v) is 9.08. The Kier molecular flexibility index (Phi) is 8.53. The van der Waals surface area contributed by atoms with Crippen LogP contribution in [0.1, 0.15) is 99.5 Å². The van der Waals surface area contributed by atoms with Gasteiger partial charge in [-0.25, -0.2) is 8.78 Å². The van der Waals surface area contributed by atoms with Crippen LogP contribution in [0, 0.1) is 28.9 Å². The van der Waals surface area contributed by atoms with Gasteiger partial charge in [0.1, 0.15) is 17.7 Å². The maximum Gasteiger partial charge on any atom is 0.386 e. The van der Waals surface area contributed by atoms with E-state index in [1.807, 2.05) is 0 Å². The molecule has 3 rings (SSSR count). The van der Waals surface area contributed by atoms with Crippen molar-refractivity contribution in [3.63, 3.8) is 0 Å². The van der Waals surface area contributed by atoms with Gasteiger partial charge in [-0.05, 0) is 79.8 Å². The van der Waals surface area contributed by atoms with Crippen LogP contribution < -0.4 is 0 Å². The standard InChI is InChI=1S/C27H31F4NO/c1-3-4-5-6-19-7-9-20(10-8-19)22-13-14-24(26(29)16-22)27(30,31)33-18(2)21-11-12-23(17-32)25(28)15-21/h11-16,18-20H,3-10H2,1-2H3. The summed E-state index contributed by atoms with van der Waals surface area (Å²) in [6, 6.07) is 9.09. The Labute approximate surface area is 193 Å². The largest absolute Gasteiger partial charge is 0.386 e. The Morgan fingerprint density at radius 1 is 1.03 bits per heavy atom. The lowest BCUT2D eigenvalue weighted by Gasteiger charge is -2.29. The number of unbranched alkanes of at least 4 members (excludes halogenated alkanes) is 2. The van der Waals surface area contributed by atoms with Gasteiger partial charge in [0, 0.05) is 0 Å². The summed E-state index contributed by atoms with van der Waals surface area (Å²) in [6.07, 6.45) is 3.93. The smallest absolute Gasteiger partial charge is 0.309 e. The SMILES string of the molecule is CCCCCC1CCC(c2ccc(C(F)(F)OC(C)c3ccc(C#N)c(F)c3)c(F)c2)CC1. The minimum atomic E-state index is -3.89. The molecular weight excluding hydrogens is 430 g/mol. The van der Waals surface area contributed by atoms with E-state index in [1.165, 1.54) is 50.8 Å². The van der Waals surface area contributed by atoms with E-state index in [1.54, 1.807) is 12.1 Å². The molecule has 0 N–H and O–H groups in total. The molecule has 33 heavy (non-hydrogen) atoms. The molecule has 178 valence electrons. The number of ether oxygens (including phenoxy) is 1. The summed E-state index contributed by atoms with van der Waals surface area (Å²) in [6.45, 7) is 3.52. The average molecular weight is 462 g/mol. The van der Waals surface area contributed by atoms with Crippen molar-refractivity contribution in [1.82, 2.24) is 0 Å². The van der Waals surface area contributed by atoms with Crippen LogP contribution in [-0.4, -0.2) is 0 Å². The van der Waals surface area contributed by atoms with Crippen molar-refractivity contribution in [2.75, 3.05) is 0 Å². The van der Waals surface area contributed by atoms with Crippen LogP contribution in [0.2, 0.25) is 0 Å². The van der Waals surface area contributed by atoms with Crippen molar-refractivity contribution in [3.8, 4) is 6.07 Å². The van der Waals surface area contributed by atoms with Crippen LogP contribution in [0.5, 0.6) is 0 Å². The Hall–Kier alpha value is -2.39. The zero-order chi connectivity index (χ0) is 24.0. The molecule has 1 fully saturated rings. The van der Waals surface area contributed by atoms with E-state index < -0.39 is 29.4 Å². The molecule has 0 spiro atoms. The van der Waals surface area contributed by atoms with E-state index in [9.17, 15) is 17.6 Å². The average Bonchev–Trinajstić information content (AvgIpc) is 2.79. The zero-order valence-electron chi connectivity index (χ0n) is 19.2. The van der Waals surface area contributed by atoms with Gasteiger partial charge in [0.25, 0.3) is 0 Å². The summed E-state index contributed by atoms with van der Waals surface area (Å²) < 4.78 is 62.9. The van der Waals surface area contributed by atoms with Crippen LogP contribution in [0.4, 0.5) is 17.6 Å². The van der Waals surface area contributed by atoms with Crippen LogP contribution in [0.25, 0.3) is 0 Å². The summed E-state index contributed by atoms with van der Waals surface area (Å²) in [5.74, 6) is -0.917. The van der Waals surface area contributed by atoms with E-state index in [-0.39, 0.29) is 17.0 Å². The number of hydrogen-bond donors (Lipinski definition) is 0. The minimum absolute atomic E-state index is 0.138. The van der Waals surface area contributed by atoms with Gasteiger partial charge in [-0.1, -0.05) is 44.7 Å². The fourth-order valence-electron chi connectivity index (χ4n) is 4.72. The molecule has 0 saturated heterocycles. The van der Waals surface area contributed by atoms with Crippen molar-refractivity contribution in [2.24, 2.45) is 5.92 Å². The molecule has 1 aliphatic carbocycles. The Morgan fingerprint density at radius 2 is 1.76 bits per heavy atom. The predicted molar refractivity (Wildman–Crippen MR) is 120 cm³/mol. The normalized spacial score (nSPS) is 19.8. The van der Waals surface area contributed by atoms with Gasteiger partial charge in [0.15, 0.2) is 0 Å². The zero-order valence-corrected chi connectivity index (χ0v) is 19.2. The summed E-state index contributed by atoms with van der Waals surface area (Å²) in [5, 5.41) is 8.80. The number of halogens is 4. The highest BCUT2D eigenvalue weighted by Gasteiger charge is 2.38. The van der Waals surface area contributed by atoms with Crippen molar-refractivity contribution in [1.29, 1.82) is 5.26 Å². The third kappa shape index (κ3) is 6.35. The lowest BCUT2D eigenvalue weighted by molar-refractivity contribution is -0.273. The maximum atomic E-state index is 14.8. The van der Waals surface area contributed by atoms with E-state index in [4.69, 9.17) is 10.00 Å². The van der Waals surface area contributed by atoms with E-state index >= 15 is 0 Å². The molecule has 1 atom stereocenters. The van der Waals surface area contributed by atoms with Crippen molar-refractivity contribution >= 4 is 0 Å². The topological polar surface area (TPSA) is 33.0 Å². The van der Waals surface area contributed by atoms with Gasteiger partial charge in [0.05, 0.1) is 17.2 Å². The van der Waals surface area contributed by atoms with E-state index in [0.29, 0.717) is 5.92 Å². The first-order valence-corrected chi connectivity index (χ1v) is 11.8. The molecule has 0 amide bonds. The molecular formula is C27H31F4NO. The monoisotopic (exact) mass is 461 g/mol. The van der Waals surface area contributed by atoms with Gasteiger partial charge < -0.3 is 4.74 Å². The molecule has 2 aromatic carbocycles. The van der Waals surface area contributed by atoms with Crippen LogP contribution >= 0.6 is 0 Å². The fourth-order valence-corrected chi connectivity index (χ4v) is 4.72. The molecule has 2 aromatic rings. The number of hydrogen-bond acceptors (Lipinski definition) is 2. The molecule has 1 aliphatic rings. The van der Waals surface area contributed by atoms with Crippen LogP contribution in [-0.2, 0) is 10.8 Å². The molecule has 6 heteroatoms. The summed E-state index contributed by atoms with van der Waals surface area (Å²) in [4.78, 5) is 0. The lowest BCUT2D eigenvalue weighted by Crippen LogP contribution is -2.22. The molecule has 0 radical (unpaired) electrons. The highest BCUT2D eigenvalue weighted by atomic mass is 19.3. The first-order chi connectivity index (χ1) is 15.7. The predicted octanol–water partition coefficient (Wildman–Crippen LogP) is 8.52.